The number of aliphatic imine (C=N–C) groups is 1. The van der Waals surface area contributed by atoms with Gasteiger partial charge >= 0.3 is 11.3 Å². The van der Waals surface area contributed by atoms with Gasteiger partial charge in [0.05, 0.1) is 5.69 Å². The maximum atomic E-state index is 13.1. The van der Waals surface area contributed by atoms with Crippen molar-refractivity contribution in [2.75, 3.05) is 0 Å². The maximum absolute atomic E-state index is 13.1. The van der Waals surface area contributed by atoms with Gasteiger partial charge in [-0.1, -0.05) is 0 Å². The van der Waals surface area contributed by atoms with Crippen LogP contribution in [0, 0.1) is 3.57 Å². The molecule has 0 fully saturated rings. The molecule has 1 aromatic rings. The summed E-state index contributed by atoms with van der Waals surface area (Å²) in [5.74, 6) is -4.49. The Morgan fingerprint density at radius 1 is 1.12 bits per heavy atom. The molecule has 0 aliphatic heterocycles. The number of hydrogen-bond donors (Lipinski definition) is 0. The molecule has 17 heavy (non-hydrogen) atoms. The first-order valence-electron chi connectivity index (χ1n) is 4.09. The first-order valence-corrected chi connectivity index (χ1v) is 6.63. The Kier molecular flexibility index (Phi) is 5.04. The van der Waals surface area contributed by atoms with E-state index in [2.05, 4.69) is 16.6 Å². The molecule has 1 aromatic carbocycles. The first-order chi connectivity index (χ1) is 7.64. The van der Waals surface area contributed by atoms with Gasteiger partial charge in [0.1, 0.15) is 0 Å². The van der Waals surface area contributed by atoms with E-state index in [0.29, 0.717) is 0 Å². The van der Waals surface area contributed by atoms with Crippen molar-refractivity contribution in [3.05, 3.63) is 27.8 Å². The number of halogens is 7. The zero-order valence-electron chi connectivity index (χ0n) is 7.90. The Labute approximate surface area is 127 Å². The lowest BCUT2D eigenvalue weighted by atomic mass is 10.3. The van der Waals surface area contributed by atoms with Crippen molar-refractivity contribution in [2.45, 2.75) is 11.3 Å². The molecule has 1 nitrogen and oxygen atoms in total. The van der Waals surface area contributed by atoms with Crippen LogP contribution in [0.1, 0.15) is 0 Å². The molecular formula is C9H4ClF4I2N. The van der Waals surface area contributed by atoms with Gasteiger partial charge in [0.25, 0.3) is 0 Å². The van der Waals surface area contributed by atoms with E-state index >= 15 is 0 Å². The van der Waals surface area contributed by atoms with Gasteiger partial charge in [-0.15, -0.1) is 0 Å². The average Bonchev–Trinajstić information content (AvgIpc) is 2.19. The Morgan fingerprint density at radius 2 is 1.59 bits per heavy atom. The van der Waals surface area contributed by atoms with Gasteiger partial charge in [-0.05, 0) is 81.0 Å². The lowest BCUT2D eigenvalue weighted by Gasteiger charge is -2.19. The van der Waals surface area contributed by atoms with E-state index in [4.69, 9.17) is 0 Å². The lowest BCUT2D eigenvalue weighted by Crippen LogP contribution is -2.40. The van der Waals surface area contributed by atoms with Crippen LogP contribution in [0.3, 0.4) is 0 Å². The van der Waals surface area contributed by atoms with Gasteiger partial charge in [0, 0.05) is 3.57 Å². The van der Waals surface area contributed by atoms with Crippen molar-refractivity contribution in [3.8, 4) is 0 Å². The van der Waals surface area contributed by atoms with Gasteiger partial charge in [-0.3, -0.25) is 0 Å². The average molecular weight is 491 g/mol. The molecule has 94 valence electrons. The summed E-state index contributed by atoms with van der Waals surface area (Å²) in [7, 11) is 0. The van der Waals surface area contributed by atoms with Crippen LogP contribution in [-0.4, -0.2) is 15.0 Å². The Bertz CT molecular complexity index is 428. The van der Waals surface area contributed by atoms with Gasteiger partial charge < -0.3 is 0 Å². The zero-order chi connectivity index (χ0) is 13.3. The number of benzene rings is 1. The van der Waals surface area contributed by atoms with E-state index in [1.54, 1.807) is 12.1 Å². The fourth-order valence-corrected chi connectivity index (χ4v) is 2.04. The summed E-state index contributed by atoms with van der Waals surface area (Å²) >= 11 is 7.42. The maximum Gasteiger partial charge on any atom is 0.390 e. The molecule has 0 saturated heterocycles. The highest BCUT2D eigenvalue weighted by atomic mass is 127. The van der Waals surface area contributed by atoms with Crippen LogP contribution in [-0.2, 0) is 0 Å². The summed E-state index contributed by atoms with van der Waals surface area (Å²) in [5, 5.41) is -4.66. The third-order valence-corrected chi connectivity index (χ3v) is 3.54. The highest BCUT2D eigenvalue weighted by molar-refractivity contribution is 14.1. The molecule has 8 heteroatoms. The number of hydrogen-bond acceptors (Lipinski definition) is 1. The fourth-order valence-electron chi connectivity index (χ4n) is 0.816. The second-order valence-electron chi connectivity index (χ2n) is 2.95. The zero-order valence-corrected chi connectivity index (χ0v) is 13.0. The number of rotatable bonds is 3. The molecule has 0 radical (unpaired) electrons. The summed E-state index contributed by atoms with van der Waals surface area (Å²) in [5.41, 5.74) is 0.162. The minimum atomic E-state index is -4.66. The molecule has 0 amide bonds. The standard InChI is InChI=1S/C9H4ClF4I2N/c10-9(13,14)8(11,12)7(16)17-6-3-1-5(15)2-4-6/h1-4H. The van der Waals surface area contributed by atoms with Crippen LogP contribution < -0.4 is 0 Å². The molecule has 0 heterocycles. The predicted octanol–water partition coefficient (Wildman–Crippen LogP) is 5.22. The molecule has 1 rings (SSSR count). The molecule has 0 saturated carbocycles. The Hall–Kier alpha value is 0.360. The SMILES string of the molecule is FC(F)(Cl)C(F)(F)C(I)=Nc1ccc(I)cc1. The van der Waals surface area contributed by atoms with Crippen LogP contribution in [0.5, 0.6) is 0 Å². The molecule has 0 atom stereocenters. The third kappa shape index (κ3) is 3.91. The molecule has 0 unspecified atom stereocenters. The van der Waals surface area contributed by atoms with Crippen molar-refractivity contribution in [1.29, 1.82) is 0 Å². The van der Waals surface area contributed by atoms with Crippen LogP contribution in [0.4, 0.5) is 23.2 Å². The minimum Gasteiger partial charge on any atom is -0.240 e. The quantitative estimate of drug-likeness (QED) is 0.238. The van der Waals surface area contributed by atoms with Crippen molar-refractivity contribution >= 4 is 66.2 Å². The van der Waals surface area contributed by atoms with Crippen LogP contribution in [0.15, 0.2) is 29.3 Å². The van der Waals surface area contributed by atoms with E-state index in [-0.39, 0.29) is 5.69 Å². The van der Waals surface area contributed by atoms with Gasteiger partial charge in [-0.2, -0.15) is 17.6 Å². The van der Waals surface area contributed by atoms with E-state index in [0.717, 1.165) is 26.2 Å². The Morgan fingerprint density at radius 3 is 2.00 bits per heavy atom. The minimum absolute atomic E-state index is 0.162. The second kappa shape index (κ2) is 5.55. The van der Waals surface area contributed by atoms with Crippen molar-refractivity contribution in [3.63, 3.8) is 0 Å². The van der Waals surface area contributed by atoms with Gasteiger partial charge in [-0.25, -0.2) is 4.99 Å². The number of alkyl halides is 5. The van der Waals surface area contributed by atoms with Crippen molar-refractivity contribution in [2.24, 2.45) is 4.99 Å². The molecule has 0 bridgehead atoms. The fraction of sp³-hybridized carbons (Fsp3) is 0.222. The highest BCUT2D eigenvalue weighted by Gasteiger charge is 2.58. The Balaban J connectivity index is 3.04. The van der Waals surface area contributed by atoms with E-state index in [9.17, 15) is 17.6 Å². The second-order valence-corrected chi connectivity index (χ2v) is 5.69. The van der Waals surface area contributed by atoms with Crippen molar-refractivity contribution < 1.29 is 17.6 Å². The highest BCUT2D eigenvalue weighted by Crippen LogP contribution is 2.41. The van der Waals surface area contributed by atoms with E-state index < -0.39 is 15.0 Å². The molecule has 0 aromatic heterocycles. The molecule has 0 aliphatic carbocycles. The normalized spacial score (nSPS) is 13.9. The summed E-state index contributed by atoms with van der Waals surface area (Å²) < 4.78 is 50.8. The van der Waals surface area contributed by atoms with Crippen LogP contribution >= 0.6 is 56.8 Å². The van der Waals surface area contributed by atoms with E-state index in [1.807, 2.05) is 22.6 Å². The molecule has 0 aliphatic rings. The molecule has 0 spiro atoms. The summed E-state index contributed by atoms with van der Waals surface area (Å²) in [6.45, 7) is 0. The summed E-state index contributed by atoms with van der Waals surface area (Å²) in [6.07, 6.45) is 0. The molecule has 0 N–H and O–H groups in total. The smallest absolute Gasteiger partial charge is 0.240 e. The summed E-state index contributed by atoms with van der Waals surface area (Å²) in [6, 6.07) is 6.15. The van der Waals surface area contributed by atoms with Crippen molar-refractivity contribution in [1.82, 2.24) is 0 Å². The molecular weight excluding hydrogens is 487 g/mol. The van der Waals surface area contributed by atoms with Gasteiger partial charge in [0.15, 0.2) is 3.72 Å². The summed E-state index contributed by atoms with van der Waals surface area (Å²) in [4.78, 5) is 3.42. The predicted molar refractivity (Wildman–Crippen MR) is 76.0 cm³/mol. The monoisotopic (exact) mass is 491 g/mol. The number of nitrogens with zero attached hydrogens (tertiary/aromatic N) is 1. The van der Waals surface area contributed by atoms with Crippen LogP contribution in [0.25, 0.3) is 0 Å². The topological polar surface area (TPSA) is 12.4 Å². The first kappa shape index (κ1) is 15.4. The lowest BCUT2D eigenvalue weighted by molar-refractivity contribution is -0.104. The van der Waals surface area contributed by atoms with Gasteiger partial charge in [0.2, 0.25) is 0 Å². The van der Waals surface area contributed by atoms with E-state index in [1.165, 1.54) is 12.1 Å². The van der Waals surface area contributed by atoms with Crippen LogP contribution in [0.2, 0.25) is 0 Å². The largest absolute Gasteiger partial charge is 0.390 e. The third-order valence-electron chi connectivity index (χ3n) is 1.67.